The molecule has 3 rings (SSSR count). The smallest absolute Gasteiger partial charge is 0.170 e. The van der Waals surface area contributed by atoms with Crippen LogP contribution in [0.3, 0.4) is 0 Å². The number of phenolic OH excluding ortho intramolecular Hbond substituents is 1. The van der Waals surface area contributed by atoms with E-state index in [1.54, 1.807) is 12.1 Å². The van der Waals surface area contributed by atoms with Crippen LogP contribution in [0.15, 0.2) is 42.5 Å². The van der Waals surface area contributed by atoms with Crippen LogP contribution in [0, 0.1) is 0 Å². The molecule has 1 N–H and O–H groups in total. The number of phenols is 1. The Kier molecular flexibility index (Phi) is 2.91. The van der Waals surface area contributed by atoms with Gasteiger partial charge in [-0.1, -0.05) is 29.8 Å². The molecule has 1 atom stereocenters. The monoisotopic (exact) mass is 274 g/mol. The molecule has 1 heterocycles. The highest BCUT2D eigenvalue weighted by Gasteiger charge is 2.28. The molecule has 0 bridgehead atoms. The van der Waals surface area contributed by atoms with Gasteiger partial charge in [0, 0.05) is 10.6 Å². The highest BCUT2D eigenvalue weighted by Crippen LogP contribution is 2.38. The molecule has 19 heavy (non-hydrogen) atoms. The van der Waals surface area contributed by atoms with Gasteiger partial charge in [-0.15, -0.1) is 0 Å². The van der Waals surface area contributed by atoms with Crippen LogP contribution in [-0.4, -0.2) is 10.9 Å². The number of carbonyl (C=O) groups excluding carboxylic acids is 1. The Labute approximate surface area is 115 Å². The maximum atomic E-state index is 12.1. The fourth-order valence-electron chi connectivity index (χ4n) is 2.22. The van der Waals surface area contributed by atoms with Crippen molar-refractivity contribution >= 4 is 17.4 Å². The van der Waals surface area contributed by atoms with Crippen LogP contribution >= 0.6 is 11.6 Å². The van der Waals surface area contributed by atoms with Gasteiger partial charge in [0.15, 0.2) is 5.78 Å². The predicted octanol–water partition coefficient (Wildman–Crippen LogP) is 3.75. The SMILES string of the molecule is O=C1CC(c2ccccc2Cl)Oc2ccc(O)cc21. The number of hydrogen-bond donors (Lipinski definition) is 1. The van der Waals surface area contributed by atoms with Gasteiger partial charge in [0.05, 0.1) is 12.0 Å². The maximum absolute atomic E-state index is 12.1. The van der Waals surface area contributed by atoms with Crippen molar-refractivity contribution in [1.82, 2.24) is 0 Å². The zero-order valence-corrected chi connectivity index (χ0v) is 10.7. The van der Waals surface area contributed by atoms with Gasteiger partial charge in [-0.05, 0) is 24.3 Å². The first-order valence-electron chi connectivity index (χ1n) is 5.92. The molecule has 0 spiro atoms. The van der Waals surface area contributed by atoms with Crippen LogP contribution in [0.4, 0.5) is 0 Å². The first-order chi connectivity index (χ1) is 9.15. The largest absolute Gasteiger partial charge is 0.508 e. The molecular formula is C15H11ClO3. The highest BCUT2D eigenvalue weighted by atomic mass is 35.5. The van der Waals surface area contributed by atoms with Crippen LogP contribution in [0.1, 0.15) is 28.4 Å². The molecule has 2 aromatic carbocycles. The Bertz CT molecular complexity index is 652. The summed E-state index contributed by atoms with van der Waals surface area (Å²) in [7, 11) is 0. The average molecular weight is 275 g/mol. The Morgan fingerprint density at radius 3 is 2.79 bits per heavy atom. The quantitative estimate of drug-likeness (QED) is 0.861. The zero-order valence-electron chi connectivity index (χ0n) is 9.97. The molecule has 2 aromatic rings. The van der Waals surface area contributed by atoms with Crippen LogP contribution in [-0.2, 0) is 0 Å². The minimum atomic E-state index is -0.377. The Balaban J connectivity index is 2.00. The lowest BCUT2D eigenvalue weighted by Gasteiger charge is -2.26. The van der Waals surface area contributed by atoms with Crippen molar-refractivity contribution in [3.05, 3.63) is 58.6 Å². The number of halogens is 1. The lowest BCUT2D eigenvalue weighted by atomic mass is 9.96. The number of hydrogen-bond acceptors (Lipinski definition) is 3. The number of ketones is 1. The zero-order chi connectivity index (χ0) is 13.4. The van der Waals surface area contributed by atoms with Crippen molar-refractivity contribution < 1.29 is 14.6 Å². The van der Waals surface area contributed by atoms with Crippen molar-refractivity contribution in [1.29, 1.82) is 0 Å². The van der Waals surface area contributed by atoms with Gasteiger partial charge in [-0.3, -0.25) is 4.79 Å². The van der Waals surface area contributed by atoms with Crippen molar-refractivity contribution in [2.75, 3.05) is 0 Å². The summed E-state index contributed by atoms with van der Waals surface area (Å²) in [5, 5.41) is 9.99. The molecule has 1 aliphatic rings. The third-order valence-electron chi connectivity index (χ3n) is 3.16. The molecule has 3 nitrogen and oxygen atoms in total. The molecule has 0 fully saturated rings. The van der Waals surface area contributed by atoms with E-state index < -0.39 is 0 Å². The van der Waals surface area contributed by atoms with E-state index in [2.05, 4.69) is 0 Å². The van der Waals surface area contributed by atoms with Crippen LogP contribution in [0.5, 0.6) is 11.5 Å². The van der Waals surface area contributed by atoms with E-state index in [1.165, 1.54) is 12.1 Å². The molecule has 1 aliphatic heterocycles. The van der Waals surface area contributed by atoms with E-state index in [1.807, 2.05) is 18.2 Å². The summed E-state index contributed by atoms with van der Waals surface area (Å²) in [6.45, 7) is 0. The third kappa shape index (κ3) is 2.17. The first-order valence-corrected chi connectivity index (χ1v) is 6.30. The Morgan fingerprint density at radius 2 is 2.00 bits per heavy atom. The van der Waals surface area contributed by atoms with Crippen molar-refractivity contribution in [2.24, 2.45) is 0 Å². The van der Waals surface area contributed by atoms with Crippen LogP contribution in [0.25, 0.3) is 0 Å². The second-order valence-corrected chi connectivity index (χ2v) is 4.84. The van der Waals surface area contributed by atoms with Crippen molar-refractivity contribution in [3.63, 3.8) is 0 Å². The molecule has 0 saturated heterocycles. The van der Waals surface area contributed by atoms with E-state index in [9.17, 15) is 9.90 Å². The Hall–Kier alpha value is -2.00. The van der Waals surface area contributed by atoms with Gasteiger partial charge in [-0.2, -0.15) is 0 Å². The summed E-state index contributed by atoms with van der Waals surface area (Å²) >= 11 is 6.13. The number of rotatable bonds is 1. The minimum Gasteiger partial charge on any atom is -0.508 e. The van der Waals surface area contributed by atoms with Gasteiger partial charge >= 0.3 is 0 Å². The summed E-state index contributed by atoms with van der Waals surface area (Å²) in [6, 6.07) is 11.9. The van der Waals surface area contributed by atoms with Gasteiger partial charge in [0.25, 0.3) is 0 Å². The number of benzene rings is 2. The molecule has 0 saturated carbocycles. The molecule has 0 radical (unpaired) electrons. The molecule has 96 valence electrons. The fraction of sp³-hybridized carbons (Fsp3) is 0.133. The van der Waals surface area contributed by atoms with E-state index >= 15 is 0 Å². The van der Waals surface area contributed by atoms with Crippen molar-refractivity contribution in [2.45, 2.75) is 12.5 Å². The van der Waals surface area contributed by atoms with Gasteiger partial charge in [0.1, 0.15) is 17.6 Å². The molecule has 1 unspecified atom stereocenters. The number of ether oxygens (including phenoxy) is 1. The minimum absolute atomic E-state index is 0.0536. The van der Waals surface area contributed by atoms with E-state index in [0.717, 1.165) is 5.56 Å². The van der Waals surface area contributed by atoms with Gasteiger partial charge in [-0.25, -0.2) is 0 Å². The number of aromatic hydroxyl groups is 1. The number of Topliss-reactive ketones (excluding diaryl/α,β-unsaturated/α-hetero) is 1. The predicted molar refractivity (Wildman–Crippen MR) is 71.9 cm³/mol. The second kappa shape index (κ2) is 4.59. The summed E-state index contributed by atoms with van der Waals surface area (Å²) in [4.78, 5) is 12.1. The van der Waals surface area contributed by atoms with E-state index in [-0.39, 0.29) is 24.1 Å². The lowest BCUT2D eigenvalue weighted by Crippen LogP contribution is -2.20. The lowest BCUT2D eigenvalue weighted by molar-refractivity contribution is 0.0849. The molecule has 4 heteroatoms. The molecular weight excluding hydrogens is 264 g/mol. The number of fused-ring (bicyclic) bond motifs is 1. The third-order valence-corrected chi connectivity index (χ3v) is 3.50. The number of carbonyl (C=O) groups is 1. The second-order valence-electron chi connectivity index (χ2n) is 4.44. The molecule has 0 aromatic heterocycles. The first kappa shape index (κ1) is 12.1. The van der Waals surface area contributed by atoms with Gasteiger partial charge < -0.3 is 9.84 Å². The van der Waals surface area contributed by atoms with Crippen molar-refractivity contribution in [3.8, 4) is 11.5 Å². The summed E-state index contributed by atoms with van der Waals surface area (Å²) in [5.74, 6) is 0.493. The van der Waals surface area contributed by atoms with Gasteiger partial charge in [0.2, 0.25) is 0 Å². The summed E-state index contributed by atoms with van der Waals surface area (Å²) in [6.07, 6.45) is -0.154. The average Bonchev–Trinajstić information content (AvgIpc) is 2.40. The van der Waals surface area contributed by atoms with E-state index in [0.29, 0.717) is 16.3 Å². The molecule has 0 amide bonds. The highest BCUT2D eigenvalue weighted by molar-refractivity contribution is 6.31. The normalized spacial score (nSPS) is 17.7. The van der Waals surface area contributed by atoms with E-state index in [4.69, 9.17) is 16.3 Å². The fourth-order valence-corrected chi connectivity index (χ4v) is 2.48. The summed E-state index contributed by atoms with van der Waals surface area (Å²) < 4.78 is 5.81. The Morgan fingerprint density at radius 1 is 1.21 bits per heavy atom. The van der Waals surface area contributed by atoms with Crippen LogP contribution in [0.2, 0.25) is 5.02 Å². The van der Waals surface area contributed by atoms with Crippen LogP contribution < -0.4 is 4.74 Å². The molecule has 0 aliphatic carbocycles. The topological polar surface area (TPSA) is 46.5 Å². The standard InChI is InChI=1S/C15H11ClO3/c16-12-4-2-1-3-10(12)15-8-13(18)11-7-9(17)5-6-14(11)19-15/h1-7,15,17H,8H2. The maximum Gasteiger partial charge on any atom is 0.170 e. The summed E-state index contributed by atoms with van der Waals surface area (Å²) in [5.41, 5.74) is 1.22.